The lowest BCUT2D eigenvalue weighted by molar-refractivity contribution is 0.376. The van der Waals surface area contributed by atoms with Crippen LogP contribution >= 0.6 is 0 Å². The molecule has 1 rings (SSSR count). The normalized spacial score (nSPS) is 11.4. The summed E-state index contributed by atoms with van der Waals surface area (Å²) < 4.78 is 12.7. The lowest BCUT2D eigenvalue weighted by Crippen LogP contribution is -2.22. The van der Waals surface area contributed by atoms with E-state index in [0.717, 1.165) is 13.0 Å². The Kier molecular flexibility index (Phi) is 3.38. The van der Waals surface area contributed by atoms with E-state index in [1.54, 1.807) is 0 Å². The van der Waals surface area contributed by atoms with E-state index in [1.165, 1.54) is 12.4 Å². The van der Waals surface area contributed by atoms with Gasteiger partial charge in [0.1, 0.15) is 12.1 Å². The van der Waals surface area contributed by atoms with Crippen LogP contribution in [0, 0.1) is 11.4 Å². The highest BCUT2D eigenvalue weighted by Crippen LogP contribution is 2.19. The van der Waals surface area contributed by atoms with Gasteiger partial charge in [0.05, 0.1) is 0 Å². The van der Waals surface area contributed by atoms with E-state index in [4.69, 9.17) is 0 Å². The van der Waals surface area contributed by atoms with Gasteiger partial charge in [-0.3, -0.25) is 0 Å². The molecule has 0 amide bonds. The predicted octanol–water partition coefficient (Wildman–Crippen LogP) is 2.46. The molecule has 0 aliphatic carbocycles. The van der Waals surface area contributed by atoms with Gasteiger partial charge in [0.2, 0.25) is 5.95 Å². The standard InChI is InChI=1S/C10H16FN3/c1-4-10(2,3)6-12-9-5-8(11)13-7-14-9/h5,7H,4,6H2,1-3H3,(H,12,13,14). The van der Waals surface area contributed by atoms with Crippen LogP contribution in [0.15, 0.2) is 12.4 Å². The SMILES string of the molecule is CCC(C)(C)CNc1cc(F)ncn1. The highest BCUT2D eigenvalue weighted by molar-refractivity contribution is 5.32. The summed E-state index contributed by atoms with van der Waals surface area (Å²) in [5.74, 6) is 0.0378. The smallest absolute Gasteiger partial charge is 0.217 e. The van der Waals surface area contributed by atoms with Crippen molar-refractivity contribution in [1.29, 1.82) is 0 Å². The molecule has 78 valence electrons. The molecule has 14 heavy (non-hydrogen) atoms. The van der Waals surface area contributed by atoms with E-state index < -0.39 is 5.95 Å². The first-order valence-electron chi connectivity index (χ1n) is 4.75. The molecule has 0 aliphatic heterocycles. The zero-order valence-corrected chi connectivity index (χ0v) is 8.84. The summed E-state index contributed by atoms with van der Waals surface area (Å²) in [6.45, 7) is 7.21. The zero-order valence-electron chi connectivity index (χ0n) is 8.84. The van der Waals surface area contributed by atoms with Gasteiger partial charge >= 0.3 is 0 Å². The number of rotatable bonds is 4. The Morgan fingerprint density at radius 2 is 2.14 bits per heavy atom. The van der Waals surface area contributed by atoms with Crippen LogP contribution in [0.2, 0.25) is 0 Å². The fourth-order valence-electron chi connectivity index (χ4n) is 0.885. The number of aromatic nitrogens is 2. The fraction of sp³-hybridized carbons (Fsp3) is 0.600. The van der Waals surface area contributed by atoms with Crippen LogP contribution < -0.4 is 5.32 Å². The molecule has 0 aliphatic rings. The Morgan fingerprint density at radius 3 is 2.71 bits per heavy atom. The first-order chi connectivity index (χ1) is 6.53. The van der Waals surface area contributed by atoms with E-state index in [1.807, 2.05) is 0 Å². The molecule has 0 bridgehead atoms. The summed E-state index contributed by atoms with van der Waals surface area (Å²) in [7, 11) is 0. The van der Waals surface area contributed by atoms with Crippen LogP contribution in [0.1, 0.15) is 27.2 Å². The molecule has 0 atom stereocenters. The van der Waals surface area contributed by atoms with Crippen molar-refractivity contribution in [1.82, 2.24) is 9.97 Å². The average molecular weight is 197 g/mol. The molecule has 0 saturated carbocycles. The summed E-state index contributed by atoms with van der Waals surface area (Å²) in [4.78, 5) is 7.30. The maximum atomic E-state index is 12.7. The molecule has 1 heterocycles. The molecule has 0 unspecified atom stereocenters. The average Bonchev–Trinajstić information content (AvgIpc) is 2.15. The van der Waals surface area contributed by atoms with Gasteiger partial charge in [0.25, 0.3) is 0 Å². The molecule has 0 radical (unpaired) electrons. The third-order valence-electron chi connectivity index (χ3n) is 2.34. The van der Waals surface area contributed by atoms with Crippen molar-refractivity contribution in [3.63, 3.8) is 0 Å². The van der Waals surface area contributed by atoms with Crippen LogP contribution in [0.5, 0.6) is 0 Å². The quantitative estimate of drug-likeness (QED) is 0.753. The van der Waals surface area contributed by atoms with E-state index >= 15 is 0 Å². The first-order valence-corrected chi connectivity index (χ1v) is 4.75. The van der Waals surface area contributed by atoms with Crippen molar-refractivity contribution in [3.05, 3.63) is 18.3 Å². The van der Waals surface area contributed by atoms with Gasteiger partial charge < -0.3 is 5.32 Å². The minimum atomic E-state index is -0.503. The summed E-state index contributed by atoms with van der Waals surface area (Å²) in [5.41, 5.74) is 0.196. The molecular formula is C10H16FN3. The first kappa shape index (κ1) is 10.9. The number of hydrogen-bond donors (Lipinski definition) is 1. The van der Waals surface area contributed by atoms with Gasteiger partial charge in [0.15, 0.2) is 0 Å². The molecule has 1 aromatic rings. The lowest BCUT2D eigenvalue weighted by atomic mass is 9.90. The van der Waals surface area contributed by atoms with Crippen molar-refractivity contribution < 1.29 is 4.39 Å². The van der Waals surface area contributed by atoms with Crippen LogP contribution in [0.4, 0.5) is 10.2 Å². The van der Waals surface area contributed by atoms with Gasteiger partial charge in [-0.1, -0.05) is 20.8 Å². The van der Waals surface area contributed by atoms with Gasteiger partial charge in [-0.05, 0) is 11.8 Å². The molecule has 1 N–H and O–H groups in total. The zero-order chi connectivity index (χ0) is 10.6. The van der Waals surface area contributed by atoms with E-state index in [0.29, 0.717) is 5.82 Å². The number of nitrogens with one attached hydrogen (secondary N) is 1. The number of hydrogen-bond acceptors (Lipinski definition) is 3. The highest BCUT2D eigenvalue weighted by atomic mass is 19.1. The van der Waals surface area contributed by atoms with Gasteiger partial charge in [0, 0.05) is 12.6 Å². The fourth-order valence-corrected chi connectivity index (χ4v) is 0.885. The van der Waals surface area contributed by atoms with Crippen molar-refractivity contribution in [2.24, 2.45) is 5.41 Å². The third kappa shape index (κ3) is 3.28. The summed E-state index contributed by atoms with van der Waals surface area (Å²) in [6.07, 6.45) is 2.28. The molecule has 0 saturated heterocycles. The van der Waals surface area contributed by atoms with Crippen LogP contribution in [0.25, 0.3) is 0 Å². The van der Waals surface area contributed by atoms with Gasteiger partial charge in [-0.15, -0.1) is 0 Å². The molecule has 0 spiro atoms. The minimum absolute atomic E-state index is 0.196. The van der Waals surface area contributed by atoms with Gasteiger partial charge in [-0.25, -0.2) is 9.97 Å². The summed E-state index contributed by atoms with van der Waals surface area (Å²) in [5, 5.41) is 3.09. The summed E-state index contributed by atoms with van der Waals surface area (Å²) in [6, 6.07) is 1.30. The van der Waals surface area contributed by atoms with Crippen LogP contribution in [-0.2, 0) is 0 Å². The second-order valence-corrected chi connectivity index (χ2v) is 4.10. The van der Waals surface area contributed by atoms with E-state index in [9.17, 15) is 4.39 Å². The van der Waals surface area contributed by atoms with Crippen molar-refractivity contribution in [2.45, 2.75) is 27.2 Å². The van der Waals surface area contributed by atoms with Crippen LogP contribution in [-0.4, -0.2) is 16.5 Å². The minimum Gasteiger partial charge on any atom is -0.369 e. The largest absolute Gasteiger partial charge is 0.369 e. The van der Waals surface area contributed by atoms with Crippen molar-refractivity contribution >= 4 is 5.82 Å². The van der Waals surface area contributed by atoms with E-state index in [2.05, 4.69) is 36.1 Å². The second kappa shape index (κ2) is 4.35. The highest BCUT2D eigenvalue weighted by Gasteiger charge is 2.14. The molecule has 4 heteroatoms. The lowest BCUT2D eigenvalue weighted by Gasteiger charge is -2.22. The monoisotopic (exact) mass is 197 g/mol. The van der Waals surface area contributed by atoms with Crippen molar-refractivity contribution in [2.75, 3.05) is 11.9 Å². The summed E-state index contributed by atoms with van der Waals surface area (Å²) >= 11 is 0. The number of nitrogens with zero attached hydrogens (tertiary/aromatic N) is 2. The third-order valence-corrected chi connectivity index (χ3v) is 2.34. The topological polar surface area (TPSA) is 37.8 Å². The molecule has 0 fully saturated rings. The van der Waals surface area contributed by atoms with E-state index in [-0.39, 0.29) is 5.41 Å². The molecule has 3 nitrogen and oxygen atoms in total. The number of anilines is 1. The Labute approximate surface area is 83.8 Å². The predicted molar refractivity (Wildman–Crippen MR) is 54.6 cm³/mol. The van der Waals surface area contributed by atoms with Crippen LogP contribution in [0.3, 0.4) is 0 Å². The maximum absolute atomic E-state index is 12.7. The maximum Gasteiger partial charge on any atom is 0.217 e. The number of halogens is 1. The van der Waals surface area contributed by atoms with Crippen molar-refractivity contribution in [3.8, 4) is 0 Å². The van der Waals surface area contributed by atoms with Gasteiger partial charge in [-0.2, -0.15) is 4.39 Å². The Morgan fingerprint density at radius 1 is 1.43 bits per heavy atom. The molecule has 1 aromatic heterocycles. The molecular weight excluding hydrogens is 181 g/mol. The second-order valence-electron chi connectivity index (χ2n) is 4.10. The molecule has 0 aromatic carbocycles. The Balaban J connectivity index is 2.54. The Bertz CT molecular complexity index is 299. The Hall–Kier alpha value is -1.19.